The maximum atomic E-state index is 5.85. The Hall–Kier alpha value is -2.23. The molecule has 2 aromatic rings. The first-order valence-electron chi connectivity index (χ1n) is 5.80. The molecule has 4 nitrogen and oxygen atoms in total. The highest BCUT2D eigenvalue weighted by atomic mass is 16.5. The summed E-state index contributed by atoms with van der Waals surface area (Å²) in [5.74, 6) is 0.856. The third-order valence-corrected chi connectivity index (χ3v) is 2.84. The van der Waals surface area contributed by atoms with Gasteiger partial charge in [0.05, 0.1) is 24.7 Å². The van der Waals surface area contributed by atoms with Crippen LogP contribution in [0.2, 0.25) is 0 Å². The highest BCUT2D eigenvalue weighted by molar-refractivity contribution is 5.64. The fraction of sp³-hybridized carbons (Fsp3) is 0.214. The molecule has 0 aliphatic carbocycles. The lowest BCUT2D eigenvalue weighted by atomic mass is 10.1. The average Bonchev–Trinajstić information content (AvgIpc) is 2.41. The van der Waals surface area contributed by atoms with Crippen molar-refractivity contribution in [2.75, 3.05) is 18.2 Å². The predicted octanol–water partition coefficient (Wildman–Crippen LogP) is 2.85. The van der Waals surface area contributed by atoms with Crippen molar-refractivity contribution >= 4 is 11.4 Å². The topological polar surface area (TPSA) is 60.2 Å². The van der Waals surface area contributed by atoms with E-state index in [2.05, 4.69) is 17.2 Å². The zero-order chi connectivity index (χ0) is 13.0. The number of nitrogens with two attached hydrogens (primary N) is 1. The summed E-state index contributed by atoms with van der Waals surface area (Å²) in [7, 11) is 1.66. The van der Waals surface area contributed by atoms with Gasteiger partial charge in [-0.1, -0.05) is 12.1 Å². The summed E-state index contributed by atoms with van der Waals surface area (Å²) >= 11 is 0. The Morgan fingerprint density at radius 3 is 2.56 bits per heavy atom. The van der Waals surface area contributed by atoms with Gasteiger partial charge in [0.15, 0.2) is 0 Å². The number of aromatic nitrogens is 1. The number of hydrogen-bond donors (Lipinski definition) is 2. The molecular formula is C14H17N3O. The molecule has 4 heteroatoms. The number of pyridine rings is 1. The van der Waals surface area contributed by atoms with Gasteiger partial charge in [0.1, 0.15) is 5.75 Å². The lowest BCUT2D eigenvalue weighted by molar-refractivity contribution is 0.414. The molecule has 0 radical (unpaired) electrons. The van der Waals surface area contributed by atoms with E-state index in [-0.39, 0.29) is 6.04 Å². The average molecular weight is 243 g/mol. The van der Waals surface area contributed by atoms with Crippen LogP contribution in [0.4, 0.5) is 11.4 Å². The van der Waals surface area contributed by atoms with Gasteiger partial charge in [0.25, 0.3) is 0 Å². The number of ether oxygens (including phenoxy) is 1. The number of nitrogens with one attached hydrogen (secondary N) is 1. The van der Waals surface area contributed by atoms with Crippen molar-refractivity contribution in [3.8, 4) is 5.75 Å². The maximum absolute atomic E-state index is 5.85. The van der Waals surface area contributed by atoms with Crippen molar-refractivity contribution in [1.82, 2.24) is 4.98 Å². The molecule has 2 rings (SSSR count). The van der Waals surface area contributed by atoms with Crippen LogP contribution < -0.4 is 15.8 Å². The Morgan fingerprint density at radius 1 is 1.22 bits per heavy atom. The van der Waals surface area contributed by atoms with Crippen molar-refractivity contribution in [1.29, 1.82) is 0 Å². The van der Waals surface area contributed by atoms with Gasteiger partial charge in [0.2, 0.25) is 0 Å². The van der Waals surface area contributed by atoms with Gasteiger partial charge in [-0.05, 0) is 30.7 Å². The van der Waals surface area contributed by atoms with E-state index in [0.717, 1.165) is 11.4 Å². The third-order valence-electron chi connectivity index (χ3n) is 2.84. The van der Waals surface area contributed by atoms with Crippen LogP contribution in [0.5, 0.6) is 5.75 Å². The summed E-state index contributed by atoms with van der Waals surface area (Å²) in [6, 6.07) is 10.0. The van der Waals surface area contributed by atoms with Crippen molar-refractivity contribution in [2.45, 2.75) is 13.0 Å². The Labute approximate surface area is 107 Å². The number of hydrogen-bond acceptors (Lipinski definition) is 4. The molecule has 1 atom stereocenters. The van der Waals surface area contributed by atoms with Gasteiger partial charge in [-0.2, -0.15) is 0 Å². The second-order valence-corrected chi connectivity index (χ2v) is 4.10. The first-order valence-corrected chi connectivity index (χ1v) is 5.80. The Balaban J connectivity index is 2.11. The zero-order valence-electron chi connectivity index (χ0n) is 10.6. The number of methoxy groups -OCH3 is 1. The quantitative estimate of drug-likeness (QED) is 0.866. The Kier molecular flexibility index (Phi) is 3.67. The van der Waals surface area contributed by atoms with E-state index in [1.54, 1.807) is 19.5 Å². The van der Waals surface area contributed by atoms with Gasteiger partial charge in [-0.25, -0.2) is 0 Å². The molecule has 0 aliphatic rings. The second kappa shape index (κ2) is 5.40. The molecule has 0 bridgehead atoms. The van der Waals surface area contributed by atoms with Gasteiger partial charge in [0, 0.05) is 12.2 Å². The first kappa shape index (κ1) is 12.2. The van der Waals surface area contributed by atoms with E-state index in [1.165, 1.54) is 5.56 Å². The predicted molar refractivity (Wildman–Crippen MR) is 73.7 cm³/mol. The number of rotatable bonds is 4. The summed E-state index contributed by atoms with van der Waals surface area (Å²) < 4.78 is 5.14. The lowest BCUT2D eigenvalue weighted by Gasteiger charge is -2.17. The number of anilines is 2. The SMILES string of the molecule is COc1ccc(C(C)Nc2ccncc2N)cc1. The lowest BCUT2D eigenvalue weighted by Crippen LogP contribution is -2.08. The summed E-state index contributed by atoms with van der Waals surface area (Å²) in [5, 5.41) is 3.36. The van der Waals surface area contributed by atoms with E-state index in [1.807, 2.05) is 30.3 Å². The molecule has 94 valence electrons. The molecule has 0 fully saturated rings. The molecular weight excluding hydrogens is 226 g/mol. The maximum Gasteiger partial charge on any atom is 0.118 e. The minimum Gasteiger partial charge on any atom is -0.497 e. The summed E-state index contributed by atoms with van der Waals surface area (Å²) in [5.41, 5.74) is 8.57. The van der Waals surface area contributed by atoms with E-state index < -0.39 is 0 Å². The van der Waals surface area contributed by atoms with Crippen LogP contribution in [0, 0.1) is 0 Å². The van der Waals surface area contributed by atoms with E-state index in [0.29, 0.717) is 5.69 Å². The Morgan fingerprint density at radius 2 is 1.94 bits per heavy atom. The fourth-order valence-corrected chi connectivity index (χ4v) is 1.75. The van der Waals surface area contributed by atoms with Gasteiger partial charge in [-0.15, -0.1) is 0 Å². The van der Waals surface area contributed by atoms with Crippen LogP contribution in [0.1, 0.15) is 18.5 Å². The molecule has 0 saturated heterocycles. The molecule has 18 heavy (non-hydrogen) atoms. The van der Waals surface area contributed by atoms with Crippen LogP contribution in [0.25, 0.3) is 0 Å². The molecule has 1 aromatic heterocycles. The van der Waals surface area contributed by atoms with Crippen LogP contribution in [-0.4, -0.2) is 12.1 Å². The van der Waals surface area contributed by atoms with Crippen LogP contribution in [0.15, 0.2) is 42.7 Å². The van der Waals surface area contributed by atoms with Gasteiger partial charge >= 0.3 is 0 Å². The van der Waals surface area contributed by atoms with Crippen LogP contribution >= 0.6 is 0 Å². The van der Waals surface area contributed by atoms with Crippen molar-refractivity contribution in [3.05, 3.63) is 48.3 Å². The highest BCUT2D eigenvalue weighted by Gasteiger charge is 2.07. The molecule has 1 aromatic carbocycles. The smallest absolute Gasteiger partial charge is 0.118 e. The Bertz CT molecular complexity index is 511. The van der Waals surface area contributed by atoms with E-state index in [4.69, 9.17) is 10.5 Å². The zero-order valence-corrected chi connectivity index (χ0v) is 10.6. The summed E-state index contributed by atoms with van der Waals surface area (Å²) in [4.78, 5) is 3.97. The largest absolute Gasteiger partial charge is 0.497 e. The van der Waals surface area contributed by atoms with Gasteiger partial charge < -0.3 is 15.8 Å². The van der Waals surface area contributed by atoms with Crippen molar-refractivity contribution < 1.29 is 4.74 Å². The normalized spacial score (nSPS) is 11.9. The molecule has 0 aliphatic heterocycles. The minimum atomic E-state index is 0.167. The van der Waals surface area contributed by atoms with E-state index in [9.17, 15) is 0 Å². The molecule has 0 saturated carbocycles. The monoisotopic (exact) mass is 243 g/mol. The second-order valence-electron chi connectivity index (χ2n) is 4.10. The van der Waals surface area contributed by atoms with Crippen LogP contribution in [0.3, 0.4) is 0 Å². The highest BCUT2D eigenvalue weighted by Crippen LogP contribution is 2.24. The molecule has 1 heterocycles. The van der Waals surface area contributed by atoms with Crippen molar-refractivity contribution in [2.24, 2.45) is 0 Å². The third kappa shape index (κ3) is 2.71. The van der Waals surface area contributed by atoms with Crippen molar-refractivity contribution in [3.63, 3.8) is 0 Å². The van der Waals surface area contributed by atoms with E-state index >= 15 is 0 Å². The fourth-order valence-electron chi connectivity index (χ4n) is 1.75. The molecule has 3 N–H and O–H groups in total. The molecule has 0 amide bonds. The standard InChI is InChI=1S/C14H17N3O/c1-10(11-3-5-12(18-2)6-4-11)17-14-7-8-16-9-13(14)15/h3-10H,15H2,1-2H3,(H,16,17). The number of nitrogen functional groups attached to an aromatic ring is 1. The van der Waals surface area contributed by atoms with Crippen LogP contribution in [-0.2, 0) is 0 Å². The number of benzene rings is 1. The van der Waals surface area contributed by atoms with Gasteiger partial charge in [-0.3, -0.25) is 4.98 Å². The number of nitrogens with zero attached hydrogens (tertiary/aromatic N) is 1. The molecule has 1 unspecified atom stereocenters. The summed E-state index contributed by atoms with van der Waals surface area (Å²) in [6.45, 7) is 2.08. The molecule has 0 spiro atoms. The minimum absolute atomic E-state index is 0.167. The summed E-state index contributed by atoms with van der Waals surface area (Å²) in [6.07, 6.45) is 3.36. The first-order chi connectivity index (χ1) is 8.70.